The highest BCUT2D eigenvalue weighted by molar-refractivity contribution is 5.76. The summed E-state index contributed by atoms with van der Waals surface area (Å²) in [6.07, 6.45) is 1.42. The van der Waals surface area contributed by atoms with Crippen LogP contribution in [0.3, 0.4) is 0 Å². The Morgan fingerprint density at radius 2 is 1.96 bits per heavy atom. The summed E-state index contributed by atoms with van der Waals surface area (Å²) in [4.78, 5) is 22.9. The van der Waals surface area contributed by atoms with Gasteiger partial charge in [-0.15, -0.1) is 0 Å². The van der Waals surface area contributed by atoms with E-state index >= 15 is 0 Å². The standard InChI is InChI=1S/C19H23N3O3/c1-4-18(23)22-10-9-14(12-22)19-20-13(2)11-17(21-19)25-16-7-5-15(24-3)6-8-16/h5-8,11,14H,4,9-10,12H2,1-3H3/t14-/m0/s1. The third kappa shape index (κ3) is 4.07. The van der Waals surface area contributed by atoms with E-state index in [9.17, 15) is 4.79 Å². The van der Waals surface area contributed by atoms with Gasteiger partial charge in [-0.25, -0.2) is 4.98 Å². The molecule has 1 aliphatic heterocycles. The van der Waals surface area contributed by atoms with Gasteiger partial charge in [0.15, 0.2) is 0 Å². The molecule has 0 aliphatic carbocycles. The Labute approximate surface area is 147 Å². The molecule has 132 valence electrons. The van der Waals surface area contributed by atoms with Gasteiger partial charge in [-0.3, -0.25) is 4.79 Å². The molecule has 1 fully saturated rings. The van der Waals surface area contributed by atoms with Gasteiger partial charge >= 0.3 is 0 Å². The molecule has 25 heavy (non-hydrogen) atoms. The summed E-state index contributed by atoms with van der Waals surface area (Å²) in [5.41, 5.74) is 0.855. The minimum absolute atomic E-state index is 0.161. The largest absolute Gasteiger partial charge is 0.497 e. The summed E-state index contributed by atoms with van der Waals surface area (Å²) < 4.78 is 11.0. The number of aryl methyl sites for hydroxylation is 1. The third-order valence-corrected chi connectivity index (χ3v) is 4.34. The van der Waals surface area contributed by atoms with Gasteiger partial charge in [0.05, 0.1) is 7.11 Å². The number of benzene rings is 1. The summed E-state index contributed by atoms with van der Waals surface area (Å²) in [5, 5.41) is 0. The molecule has 0 N–H and O–H groups in total. The highest BCUT2D eigenvalue weighted by Crippen LogP contribution is 2.28. The lowest BCUT2D eigenvalue weighted by atomic mass is 10.1. The molecule has 0 spiro atoms. The smallest absolute Gasteiger partial charge is 0.222 e. The number of rotatable bonds is 5. The quantitative estimate of drug-likeness (QED) is 0.835. The van der Waals surface area contributed by atoms with E-state index in [-0.39, 0.29) is 11.8 Å². The number of aromatic nitrogens is 2. The maximum Gasteiger partial charge on any atom is 0.222 e. The van der Waals surface area contributed by atoms with E-state index in [0.717, 1.165) is 30.2 Å². The van der Waals surface area contributed by atoms with Gasteiger partial charge < -0.3 is 14.4 Å². The number of hydrogen-bond donors (Lipinski definition) is 0. The van der Waals surface area contributed by atoms with Gasteiger partial charge in [-0.2, -0.15) is 4.98 Å². The van der Waals surface area contributed by atoms with Crippen molar-refractivity contribution >= 4 is 5.91 Å². The molecule has 6 heteroatoms. The molecule has 1 amide bonds. The predicted molar refractivity (Wildman–Crippen MR) is 94.1 cm³/mol. The fourth-order valence-corrected chi connectivity index (χ4v) is 2.98. The van der Waals surface area contributed by atoms with Crippen LogP contribution in [0.25, 0.3) is 0 Å². The molecule has 2 aromatic rings. The molecule has 1 atom stereocenters. The Balaban J connectivity index is 1.75. The number of carbonyl (C=O) groups is 1. The van der Waals surface area contributed by atoms with E-state index in [1.54, 1.807) is 7.11 Å². The number of ether oxygens (including phenoxy) is 2. The highest BCUT2D eigenvalue weighted by atomic mass is 16.5. The van der Waals surface area contributed by atoms with Crippen molar-refractivity contribution in [3.05, 3.63) is 41.9 Å². The van der Waals surface area contributed by atoms with Crippen LogP contribution in [0, 0.1) is 6.92 Å². The summed E-state index contributed by atoms with van der Waals surface area (Å²) >= 11 is 0. The van der Waals surface area contributed by atoms with E-state index in [1.165, 1.54) is 0 Å². The molecular weight excluding hydrogens is 318 g/mol. The van der Waals surface area contributed by atoms with Crippen molar-refractivity contribution in [2.24, 2.45) is 0 Å². The second kappa shape index (κ2) is 7.51. The predicted octanol–water partition coefficient (Wildman–Crippen LogP) is 3.31. The monoisotopic (exact) mass is 341 g/mol. The fraction of sp³-hybridized carbons (Fsp3) is 0.421. The van der Waals surface area contributed by atoms with Gasteiger partial charge in [-0.1, -0.05) is 6.92 Å². The molecule has 1 saturated heterocycles. The van der Waals surface area contributed by atoms with Crippen LogP contribution in [0.4, 0.5) is 0 Å². The Morgan fingerprint density at radius 3 is 2.64 bits per heavy atom. The second-order valence-corrected chi connectivity index (χ2v) is 6.16. The van der Waals surface area contributed by atoms with Crippen LogP contribution >= 0.6 is 0 Å². The van der Waals surface area contributed by atoms with Crippen LogP contribution in [-0.4, -0.2) is 41.0 Å². The maximum atomic E-state index is 11.9. The van der Waals surface area contributed by atoms with E-state index in [2.05, 4.69) is 9.97 Å². The molecule has 1 aromatic heterocycles. The topological polar surface area (TPSA) is 64.6 Å². The third-order valence-electron chi connectivity index (χ3n) is 4.34. The first-order chi connectivity index (χ1) is 12.1. The average molecular weight is 341 g/mol. The van der Waals surface area contributed by atoms with Gasteiger partial charge in [0.25, 0.3) is 0 Å². The van der Waals surface area contributed by atoms with Crippen LogP contribution in [0.1, 0.15) is 37.2 Å². The number of nitrogens with zero attached hydrogens (tertiary/aromatic N) is 3. The number of methoxy groups -OCH3 is 1. The summed E-state index contributed by atoms with van der Waals surface area (Å²) in [7, 11) is 1.63. The first-order valence-electron chi connectivity index (χ1n) is 8.54. The lowest BCUT2D eigenvalue weighted by Gasteiger charge is -2.15. The van der Waals surface area contributed by atoms with Gasteiger partial charge in [0.1, 0.15) is 17.3 Å². The van der Waals surface area contributed by atoms with Crippen molar-refractivity contribution in [3.63, 3.8) is 0 Å². The van der Waals surface area contributed by atoms with Gasteiger partial charge in [0.2, 0.25) is 11.8 Å². The van der Waals surface area contributed by atoms with E-state index < -0.39 is 0 Å². The lowest BCUT2D eigenvalue weighted by Crippen LogP contribution is -2.27. The molecule has 2 heterocycles. The van der Waals surface area contributed by atoms with Crippen LogP contribution in [0.2, 0.25) is 0 Å². The fourth-order valence-electron chi connectivity index (χ4n) is 2.98. The average Bonchev–Trinajstić information content (AvgIpc) is 3.11. The number of likely N-dealkylation sites (tertiary alicyclic amines) is 1. The molecule has 1 aliphatic rings. The van der Waals surface area contributed by atoms with Crippen LogP contribution in [0.5, 0.6) is 17.4 Å². The molecule has 0 unspecified atom stereocenters. The number of amides is 1. The van der Waals surface area contributed by atoms with Crippen molar-refractivity contribution in [2.45, 2.75) is 32.6 Å². The van der Waals surface area contributed by atoms with Crippen LogP contribution in [0.15, 0.2) is 30.3 Å². The molecule has 6 nitrogen and oxygen atoms in total. The number of hydrogen-bond acceptors (Lipinski definition) is 5. The zero-order chi connectivity index (χ0) is 17.8. The van der Waals surface area contributed by atoms with Crippen molar-refractivity contribution < 1.29 is 14.3 Å². The zero-order valence-electron chi connectivity index (χ0n) is 14.9. The Hall–Kier alpha value is -2.63. The van der Waals surface area contributed by atoms with Crippen LogP contribution < -0.4 is 9.47 Å². The first-order valence-corrected chi connectivity index (χ1v) is 8.54. The molecule has 0 bridgehead atoms. The van der Waals surface area contributed by atoms with Crippen molar-refractivity contribution in [3.8, 4) is 17.4 Å². The Morgan fingerprint density at radius 1 is 1.24 bits per heavy atom. The van der Waals surface area contributed by atoms with Crippen LogP contribution in [-0.2, 0) is 4.79 Å². The van der Waals surface area contributed by atoms with Crippen molar-refractivity contribution in [2.75, 3.05) is 20.2 Å². The minimum Gasteiger partial charge on any atom is -0.497 e. The van der Waals surface area contributed by atoms with E-state index in [0.29, 0.717) is 24.6 Å². The normalized spacial score (nSPS) is 16.8. The first kappa shape index (κ1) is 17.2. The second-order valence-electron chi connectivity index (χ2n) is 6.16. The Bertz CT molecular complexity index is 746. The van der Waals surface area contributed by atoms with Gasteiger partial charge in [-0.05, 0) is 37.6 Å². The molecule has 3 rings (SSSR count). The molecule has 0 saturated carbocycles. The van der Waals surface area contributed by atoms with Crippen molar-refractivity contribution in [1.82, 2.24) is 14.9 Å². The SMILES string of the molecule is CCC(=O)N1CC[C@H](c2nc(C)cc(Oc3ccc(OC)cc3)n2)C1. The van der Waals surface area contributed by atoms with Gasteiger partial charge in [0, 0.05) is 37.2 Å². The summed E-state index contributed by atoms with van der Waals surface area (Å²) in [5.74, 6) is 3.08. The van der Waals surface area contributed by atoms with E-state index in [4.69, 9.17) is 9.47 Å². The van der Waals surface area contributed by atoms with Crippen molar-refractivity contribution in [1.29, 1.82) is 0 Å². The molecule has 1 aromatic carbocycles. The number of carbonyl (C=O) groups excluding carboxylic acids is 1. The lowest BCUT2D eigenvalue weighted by molar-refractivity contribution is -0.129. The van der Waals surface area contributed by atoms with E-state index in [1.807, 2.05) is 49.1 Å². The maximum absolute atomic E-state index is 11.9. The molecule has 0 radical (unpaired) electrons. The minimum atomic E-state index is 0.161. The Kier molecular flexibility index (Phi) is 5.16. The highest BCUT2D eigenvalue weighted by Gasteiger charge is 2.28. The summed E-state index contributed by atoms with van der Waals surface area (Å²) in [6, 6.07) is 9.18. The summed E-state index contributed by atoms with van der Waals surface area (Å²) in [6.45, 7) is 5.26. The zero-order valence-corrected chi connectivity index (χ0v) is 14.9. The molecular formula is C19H23N3O3.